The van der Waals surface area contributed by atoms with Crippen LogP contribution in [0, 0.1) is 11.7 Å². The van der Waals surface area contributed by atoms with Crippen LogP contribution in [0.15, 0.2) is 18.2 Å². The molecule has 2 N–H and O–H groups in total. The zero-order valence-electron chi connectivity index (χ0n) is 9.95. The minimum atomic E-state index is -0.565. The molecule has 2 unspecified atom stereocenters. The molecule has 1 aliphatic rings. The molecule has 94 valence electrons. The van der Waals surface area contributed by atoms with Crippen LogP contribution in [0.25, 0.3) is 0 Å². The van der Waals surface area contributed by atoms with Gasteiger partial charge in [0.1, 0.15) is 0 Å². The van der Waals surface area contributed by atoms with Crippen molar-refractivity contribution in [2.45, 2.75) is 25.9 Å². The minimum Gasteiger partial charge on any atom is -0.505 e. The van der Waals surface area contributed by atoms with E-state index in [1.165, 1.54) is 12.1 Å². The van der Waals surface area contributed by atoms with E-state index in [0.29, 0.717) is 18.5 Å². The SMILES string of the molecule is CC1COCCC1NCc1ccc(O)c(F)c1. The third kappa shape index (κ3) is 3.17. The first-order chi connectivity index (χ1) is 8.16. The Balaban J connectivity index is 1.90. The van der Waals surface area contributed by atoms with Crippen molar-refractivity contribution in [2.75, 3.05) is 13.2 Å². The zero-order valence-corrected chi connectivity index (χ0v) is 9.95. The van der Waals surface area contributed by atoms with Gasteiger partial charge in [0.05, 0.1) is 6.61 Å². The first-order valence-corrected chi connectivity index (χ1v) is 5.95. The molecule has 3 nitrogen and oxygen atoms in total. The highest BCUT2D eigenvalue weighted by Gasteiger charge is 2.21. The van der Waals surface area contributed by atoms with Crippen LogP contribution in [-0.2, 0) is 11.3 Å². The number of hydrogen-bond donors (Lipinski definition) is 2. The second-order valence-electron chi connectivity index (χ2n) is 4.61. The van der Waals surface area contributed by atoms with E-state index in [9.17, 15) is 4.39 Å². The maximum absolute atomic E-state index is 13.1. The van der Waals surface area contributed by atoms with Crippen molar-refractivity contribution < 1.29 is 14.2 Å². The number of phenols is 1. The van der Waals surface area contributed by atoms with Gasteiger partial charge in [0.15, 0.2) is 11.6 Å². The van der Waals surface area contributed by atoms with Gasteiger partial charge >= 0.3 is 0 Å². The molecule has 1 aromatic rings. The normalized spacial score (nSPS) is 24.8. The quantitative estimate of drug-likeness (QED) is 0.848. The highest BCUT2D eigenvalue weighted by Crippen LogP contribution is 2.18. The molecule has 2 rings (SSSR count). The van der Waals surface area contributed by atoms with Gasteiger partial charge in [-0.05, 0) is 30.0 Å². The molecule has 0 spiro atoms. The zero-order chi connectivity index (χ0) is 12.3. The van der Waals surface area contributed by atoms with Gasteiger partial charge < -0.3 is 15.2 Å². The Bertz CT molecular complexity index is 384. The summed E-state index contributed by atoms with van der Waals surface area (Å²) in [5.74, 6) is -0.386. The number of nitrogens with one attached hydrogen (secondary N) is 1. The second-order valence-corrected chi connectivity index (χ2v) is 4.61. The fraction of sp³-hybridized carbons (Fsp3) is 0.538. The summed E-state index contributed by atoms with van der Waals surface area (Å²) < 4.78 is 18.5. The van der Waals surface area contributed by atoms with Crippen molar-refractivity contribution in [3.8, 4) is 5.75 Å². The summed E-state index contributed by atoms with van der Waals surface area (Å²) in [6, 6.07) is 4.90. The number of halogens is 1. The highest BCUT2D eigenvalue weighted by molar-refractivity contribution is 5.27. The number of phenolic OH excluding ortho intramolecular Hbond substituents is 1. The standard InChI is InChI=1S/C13H18FNO2/c1-9-8-17-5-4-12(9)15-7-10-2-3-13(16)11(14)6-10/h2-3,6,9,12,15-16H,4-5,7-8H2,1H3. The Morgan fingerprint density at radius 1 is 1.53 bits per heavy atom. The van der Waals surface area contributed by atoms with E-state index in [4.69, 9.17) is 9.84 Å². The number of aromatic hydroxyl groups is 1. The molecule has 0 aromatic heterocycles. The third-order valence-corrected chi connectivity index (χ3v) is 3.22. The predicted molar refractivity (Wildman–Crippen MR) is 63.3 cm³/mol. The fourth-order valence-corrected chi connectivity index (χ4v) is 2.09. The van der Waals surface area contributed by atoms with Crippen LogP contribution in [0.5, 0.6) is 5.75 Å². The van der Waals surface area contributed by atoms with Gasteiger partial charge in [-0.2, -0.15) is 0 Å². The maximum atomic E-state index is 13.1. The van der Waals surface area contributed by atoms with Crippen LogP contribution >= 0.6 is 0 Å². The van der Waals surface area contributed by atoms with E-state index in [-0.39, 0.29) is 5.75 Å². The van der Waals surface area contributed by atoms with Crippen LogP contribution < -0.4 is 5.32 Å². The third-order valence-electron chi connectivity index (χ3n) is 3.22. The molecule has 1 saturated heterocycles. The van der Waals surface area contributed by atoms with Gasteiger partial charge in [-0.15, -0.1) is 0 Å². The number of benzene rings is 1. The number of hydrogen-bond acceptors (Lipinski definition) is 3. The highest BCUT2D eigenvalue weighted by atomic mass is 19.1. The lowest BCUT2D eigenvalue weighted by atomic mass is 9.97. The lowest BCUT2D eigenvalue weighted by Crippen LogP contribution is -2.40. The minimum absolute atomic E-state index is 0.298. The summed E-state index contributed by atoms with van der Waals surface area (Å²) in [4.78, 5) is 0. The Labute approximate surface area is 101 Å². The molecule has 0 bridgehead atoms. The second kappa shape index (κ2) is 5.47. The average Bonchev–Trinajstić information content (AvgIpc) is 2.32. The molecule has 1 aliphatic heterocycles. The average molecular weight is 239 g/mol. The molecule has 1 aromatic carbocycles. The van der Waals surface area contributed by atoms with Crippen molar-refractivity contribution in [1.29, 1.82) is 0 Å². The fourth-order valence-electron chi connectivity index (χ4n) is 2.09. The van der Waals surface area contributed by atoms with Crippen molar-refractivity contribution in [2.24, 2.45) is 5.92 Å². The lowest BCUT2D eigenvalue weighted by molar-refractivity contribution is 0.0386. The predicted octanol–water partition coefficient (Wildman–Crippen LogP) is 2.05. The van der Waals surface area contributed by atoms with Crippen molar-refractivity contribution >= 4 is 0 Å². The van der Waals surface area contributed by atoms with E-state index in [1.54, 1.807) is 6.07 Å². The Kier molecular flexibility index (Phi) is 3.97. The van der Waals surface area contributed by atoms with E-state index >= 15 is 0 Å². The van der Waals surface area contributed by atoms with Crippen LogP contribution in [0.3, 0.4) is 0 Å². The van der Waals surface area contributed by atoms with Crippen molar-refractivity contribution in [3.05, 3.63) is 29.6 Å². The van der Waals surface area contributed by atoms with Gasteiger partial charge in [-0.25, -0.2) is 4.39 Å². The largest absolute Gasteiger partial charge is 0.505 e. The molecule has 0 amide bonds. The number of ether oxygens (including phenoxy) is 1. The van der Waals surface area contributed by atoms with Crippen LogP contribution in [0.1, 0.15) is 18.9 Å². The molecule has 1 heterocycles. The summed E-state index contributed by atoms with van der Waals surface area (Å²) in [6.07, 6.45) is 0.988. The molecule has 17 heavy (non-hydrogen) atoms. The van der Waals surface area contributed by atoms with Crippen LogP contribution in [0.2, 0.25) is 0 Å². The van der Waals surface area contributed by atoms with Gasteiger partial charge in [-0.3, -0.25) is 0 Å². The molecule has 2 atom stereocenters. The van der Waals surface area contributed by atoms with Crippen molar-refractivity contribution in [3.63, 3.8) is 0 Å². The summed E-state index contributed by atoms with van der Waals surface area (Å²) in [7, 11) is 0. The first-order valence-electron chi connectivity index (χ1n) is 5.95. The van der Waals surface area contributed by atoms with Gasteiger partial charge in [0, 0.05) is 19.2 Å². The van der Waals surface area contributed by atoms with E-state index < -0.39 is 5.82 Å². The molecular formula is C13H18FNO2. The summed E-state index contributed by atoms with van der Waals surface area (Å²) >= 11 is 0. The lowest BCUT2D eigenvalue weighted by Gasteiger charge is -2.29. The first kappa shape index (κ1) is 12.3. The molecule has 4 heteroatoms. The van der Waals surface area contributed by atoms with Crippen LogP contribution in [0.4, 0.5) is 4.39 Å². The Morgan fingerprint density at radius 2 is 2.35 bits per heavy atom. The van der Waals surface area contributed by atoms with Gasteiger partial charge in [0.25, 0.3) is 0 Å². The summed E-state index contributed by atoms with van der Waals surface area (Å²) in [5.41, 5.74) is 0.846. The summed E-state index contributed by atoms with van der Waals surface area (Å²) in [5, 5.41) is 12.5. The number of rotatable bonds is 3. The summed E-state index contributed by atoms with van der Waals surface area (Å²) in [6.45, 7) is 4.33. The Hall–Kier alpha value is -1.13. The van der Waals surface area contributed by atoms with E-state index in [1.807, 2.05) is 0 Å². The van der Waals surface area contributed by atoms with Crippen molar-refractivity contribution in [1.82, 2.24) is 5.32 Å². The Morgan fingerprint density at radius 3 is 3.06 bits per heavy atom. The monoisotopic (exact) mass is 239 g/mol. The molecule has 0 saturated carbocycles. The topological polar surface area (TPSA) is 41.5 Å². The molecule has 0 aliphatic carbocycles. The smallest absolute Gasteiger partial charge is 0.165 e. The van der Waals surface area contributed by atoms with Crippen LogP contribution in [-0.4, -0.2) is 24.4 Å². The molecular weight excluding hydrogens is 221 g/mol. The molecule has 1 fully saturated rings. The van der Waals surface area contributed by atoms with E-state index in [0.717, 1.165) is 25.2 Å². The molecule has 0 radical (unpaired) electrons. The van der Waals surface area contributed by atoms with Gasteiger partial charge in [0.2, 0.25) is 0 Å². The van der Waals surface area contributed by atoms with E-state index in [2.05, 4.69) is 12.2 Å². The maximum Gasteiger partial charge on any atom is 0.165 e. The van der Waals surface area contributed by atoms with Gasteiger partial charge in [-0.1, -0.05) is 13.0 Å².